The van der Waals surface area contributed by atoms with Gasteiger partial charge in [0.15, 0.2) is 0 Å². The zero-order chi connectivity index (χ0) is 26.8. The fourth-order valence-electron chi connectivity index (χ4n) is 3.99. The van der Waals surface area contributed by atoms with E-state index in [1.54, 1.807) is 18.2 Å². The summed E-state index contributed by atoms with van der Waals surface area (Å²) in [7, 11) is -9.99. The quantitative estimate of drug-likeness (QED) is 0.383. The van der Waals surface area contributed by atoms with Gasteiger partial charge in [0, 0.05) is 29.9 Å². The fourth-order valence-corrected chi connectivity index (χ4v) is 5.36. The van der Waals surface area contributed by atoms with Crippen LogP contribution in [0.5, 0.6) is 5.75 Å². The van der Waals surface area contributed by atoms with Gasteiger partial charge >= 0.3 is 0 Å². The molecule has 0 radical (unpaired) electrons. The zero-order valence-corrected chi connectivity index (χ0v) is 21.9. The molecule has 0 fully saturated rings. The Kier molecular flexibility index (Phi) is 7.89. The molecule has 0 aromatic heterocycles. The molecule has 0 heterocycles. The summed E-state index contributed by atoms with van der Waals surface area (Å²) in [4.78, 5) is 2.61. The van der Waals surface area contributed by atoms with Crippen molar-refractivity contribution in [1.29, 1.82) is 0 Å². The summed E-state index contributed by atoms with van der Waals surface area (Å²) >= 11 is 0. The molecule has 11 heteroatoms. The van der Waals surface area contributed by atoms with E-state index in [1.807, 2.05) is 45.9 Å². The predicted molar refractivity (Wildman–Crippen MR) is 140 cm³/mol. The van der Waals surface area contributed by atoms with Gasteiger partial charge < -0.3 is 10.4 Å². The number of hydrogen-bond donors (Lipinski definition) is 4. The van der Waals surface area contributed by atoms with Gasteiger partial charge in [-0.3, -0.25) is 14.1 Å². The number of benzene rings is 2. The van der Waals surface area contributed by atoms with Crippen LogP contribution in [-0.4, -0.2) is 49.8 Å². The number of aryl methyl sites for hydroxylation is 1. The zero-order valence-electron chi connectivity index (χ0n) is 20.3. The molecule has 0 unspecified atom stereocenters. The van der Waals surface area contributed by atoms with E-state index in [0.29, 0.717) is 41.6 Å². The number of nitrogens with zero attached hydrogens (tertiary/aromatic N) is 1. The van der Waals surface area contributed by atoms with E-state index in [1.165, 1.54) is 0 Å². The lowest BCUT2D eigenvalue weighted by Crippen LogP contribution is -2.11. The van der Waals surface area contributed by atoms with E-state index >= 15 is 0 Å². The third-order valence-corrected chi connectivity index (χ3v) is 7.29. The van der Waals surface area contributed by atoms with Crippen molar-refractivity contribution in [2.24, 2.45) is 4.99 Å². The fraction of sp³-hybridized carbons (Fsp3) is 0.240. The number of phenolic OH excluding ortho intramolecular Hbond substituents is 1. The minimum atomic E-state index is -5.00. The minimum absolute atomic E-state index is 0.147. The van der Waals surface area contributed by atoms with Crippen molar-refractivity contribution in [3.05, 3.63) is 76.4 Å². The molecule has 0 aliphatic heterocycles. The van der Waals surface area contributed by atoms with Crippen molar-refractivity contribution in [1.82, 2.24) is 0 Å². The molecule has 0 bridgehead atoms. The van der Waals surface area contributed by atoms with E-state index in [2.05, 4.69) is 10.3 Å². The summed E-state index contributed by atoms with van der Waals surface area (Å²) in [5.74, 6) is -0.871. The third-order valence-electron chi connectivity index (χ3n) is 5.51. The van der Waals surface area contributed by atoms with Crippen molar-refractivity contribution in [2.45, 2.75) is 37.5 Å². The van der Waals surface area contributed by atoms with Crippen LogP contribution in [0.25, 0.3) is 5.57 Å². The highest BCUT2D eigenvalue weighted by atomic mass is 32.2. The summed E-state index contributed by atoms with van der Waals surface area (Å²) in [5, 5.41) is 13.7. The first-order valence-corrected chi connectivity index (χ1v) is 14.0. The average Bonchev–Trinajstić information content (AvgIpc) is 2.76. The Morgan fingerprint density at radius 1 is 0.917 bits per heavy atom. The van der Waals surface area contributed by atoms with Gasteiger partial charge in [-0.25, -0.2) is 0 Å². The van der Waals surface area contributed by atoms with Crippen LogP contribution in [-0.2, 0) is 20.2 Å². The molecule has 0 atom stereocenters. The first-order chi connectivity index (χ1) is 16.8. The lowest BCUT2D eigenvalue weighted by Gasteiger charge is -2.21. The molecule has 4 N–H and O–H groups in total. The second-order valence-electron chi connectivity index (χ2n) is 8.20. The number of nitrogens with one attached hydrogen (secondary N) is 1. The summed E-state index contributed by atoms with van der Waals surface area (Å²) in [6.07, 6.45) is 5.30. The molecular weight excluding hydrogens is 504 g/mol. The van der Waals surface area contributed by atoms with Crippen molar-refractivity contribution >= 4 is 37.2 Å². The lowest BCUT2D eigenvalue weighted by atomic mass is 9.87. The summed E-state index contributed by atoms with van der Waals surface area (Å²) < 4.78 is 68.0. The second kappa shape index (κ2) is 10.4. The summed E-state index contributed by atoms with van der Waals surface area (Å²) in [6.45, 7) is 8.61. The highest BCUT2D eigenvalue weighted by molar-refractivity contribution is 7.86. The van der Waals surface area contributed by atoms with Crippen LogP contribution in [0.4, 0.5) is 5.69 Å². The highest BCUT2D eigenvalue weighted by Crippen LogP contribution is 2.41. The Hall–Kier alpha value is -3.25. The van der Waals surface area contributed by atoms with E-state index in [4.69, 9.17) is 0 Å². The summed E-state index contributed by atoms with van der Waals surface area (Å²) in [5.41, 5.74) is 4.31. The molecule has 1 aliphatic carbocycles. The van der Waals surface area contributed by atoms with Crippen molar-refractivity contribution in [3.8, 4) is 5.75 Å². The number of phenols is 1. The average molecular weight is 533 g/mol. The standard InChI is InChI=1S/C25H28N2O7S2/c1-5-26-20-10-8-17(12-16(20)4)25(18-11-15(3)7-9-21(18)27-6-2)19-13-22(28)24(36(32,33)34)14-23(19)35(29,30)31/h7-14,27-28H,5-6H2,1-4H3,(H,29,30,31)(H,32,33,34). The Morgan fingerprint density at radius 3 is 2.14 bits per heavy atom. The molecular formula is C25H28N2O7S2. The Morgan fingerprint density at radius 2 is 1.58 bits per heavy atom. The summed E-state index contributed by atoms with van der Waals surface area (Å²) in [6, 6.07) is 6.97. The molecule has 192 valence electrons. The van der Waals surface area contributed by atoms with E-state index in [0.717, 1.165) is 22.9 Å². The number of allylic oxidation sites excluding steroid dienone is 5. The molecule has 36 heavy (non-hydrogen) atoms. The van der Waals surface area contributed by atoms with Gasteiger partial charge in [0.2, 0.25) is 0 Å². The third kappa shape index (κ3) is 5.76. The molecule has 2 aromatic carbocycles. The molecule has 0 saturated carbocycles. The minimum Gasteiger partial charge on any atom is -0.506 e. The first-order valence-electron chi connectivity index (χ1n) is 11.1. The molecule has 1 aliphatic rings. The Labute approximate surface area is 211 Å². The van der Waals surface area contributed by atoms with Crippen LogP contribution in [0.15, 0.2) is 74.5 Å². The maximum atomic E-state index is 12.4. The molecule has 0 saturated heterocycles. The molecule has 3 rings (SSSR count). The van der Waals surface area contributed by atoms with Crippen molar-refractivity contribution in [3.63, 3.8) is 0 Å². The molecule has 2 aromatic rings. The van der Waals surface area contributed by atoms with Crippen LogP contribution in [0.1, 0.15) is 37.5 Å². The van der Waals surface area contributed by atoms with Gasteiger partial charge in [0.25, 0.3) is 20.2 Å². The second-order valence-corrected chi connectivity index (χ2v) is 11.0. The molecule has 0 spiro atoms. The topological polar surface area (TPSA) is 153 Å². The van der Waals surface area contributed by atoms with Gasteiger partial charge in [-0.05, 0) is 80.8 Å². The Balaban J connectivity index is 2.54. The Bertz CT molecular complexity index is 1550. The predicted octanol–water partition coefficient (Wildman–Crippen LogP) is 4.40. The van der Waals surface area contributed by atoms with Crippen LogP contribution in [0.2, 0.25) is 0 Å². The maximum Gasteiger partial charge on any atom is 0.298 e. The molecule has 9 nitrogen and oxygen atoms in total. The largest absolute Gasteiger partial charge is 0.506 e. The number of aliphatic imine (C=N–C) groups is 1. The maximum absolute atomic E-state index is 12.4. The number of hydrogen-bond acceptors (Lipinski definition) is 7. The van der Waals surface area contributed by atoms with Crippen molar-refractivity contribution in [2.75, 3.05) is 18.4 Å². The van der Waals surface area contributed by atoms with Gasteiger partial charge in [0.05, 0.1) is 5.71 Å². The number of aromatic hydroxyl groups is 1. The molecule has 0 amide bonds. The van der Waals surface area contributed by atoms with Crippen LogP contribution in [0, 0.1) is 6.92 Å². The van der Waals surface area contributed by atoms with Gasteiger partial charge in [0.1, 0.15) is 15.5 Å². The van der Waals surface area contributed by atoms with Gasteiger partial charge in [-0.15, -0.1) is 0 Å². The van der Waals surface area contributed by atoms with E-state index in [-0.39, 0.29) is 5.56 Å². The van der Waals surface area contributed by atoms with Gasteiger partial charge in [-0.2, -0.15) is 16.8 Å². The van der Waals surface area contributed by atoms with Crippen molar-refractivity contribution < 1.29 is 31.0 Å². The van der Waals surface area contributed by atoms with Gasteiger partial charge in [-0.1, -0.05) is 17.7 Å². The van der Waals surface area contributed by atoms with Crippen LogP contribution < -0.4 is 5.32 Å². The smallest absolute Gasteiger partial charge is 0.298 e. The number of rotatable bonds is 7. The normalized spacial score (nSPS) is 16.7. The monoisotopic (exact) mass is 532 g/mol. The highest BCUT2D eigenvalue weighted by Gasteiger charge is 2.28. The first kappa shape index (κ1) is 27.3. The SMILES string of the molecule is CCN=C1C=CC(=C(c2cc(C)ccc2NCC)c2cc(O)c(S(=O)(=O)O)cc2S(=O)(=O)O)C=C1C. The van der Waals surface area contributed by atoms with Crippen LogP contribution in [0.3, 0.4) is 0 Å². The van der Waals surface area contributed by atoms with E-state index in [9.17, 15) is 31.0 Å². The number of anilines is 1. The lowest BCUT2D eigenvalue weighted by molar-refractivity contribution is 0.441. The van der Waals surface area contributed by atoms with E-state index < -0.39 is 35.8 Å². The van der Waals surface area contributed by atoms with Crippen LogP contribution >= 0.6 is 0 Å².